The summed E-state index contributed by atoms with van der Waals surface area (Å²) >= 11 is 0. The largest absolute Gasteiger partial charge is 0.375 e. The van der Waals surface area contributed by atoms with E-state index in [1.807, 2.05) is 6.92 Å². The van der Waals surface area contributed by atoms with Crippen molar-refractivity contribution in [3.8, 4) is 0 Å². The van der Waals surface area contributed by atoms with Crippen LogP contribution >= 0.6 is 0 Å². The van der Waals surface area contributed by atoms with Crippen LogP contribution < -0.4 is 4.90 Å². The lowest BCUT2D eigenvalue weighted by molar-refractivity contribution is 0.0530. The standard InChI is InChI=1S/C12H15F2NO3S/c1-9-8-15(6-7-18-9)10-4-2-3-5-11(10)19(16,17)12(13)14/h2-5,9,12H,6-8H2,1H3. The summed E-state index contributed by atoms with van der Waals surface area (Å²) in [5.41, 5.74) is 0.318. The van der Waals surface area contributed by atoms with Gasteiger partial charge in [-0.1, -0.05) is 12.1 Å². The van der Waals surface area contributed by atoms with Crippen LogP contribution in [0.15, 0.2) is 29.2 Å². The van der Waals surface area contributed by atoms with E-state index in [-0.39, 0.29) is 11.0 Å². The zero-order chi connectivity index (χ0) is 14.0. The van der Waals surface area contributed by atoms with Gasteiger partial charge >= 0.3 is 5.76 Å². The number of nitrogens with zero attached hydrogens (tertiary/aromatic N) is 1. The minimum absolute atomic E-state index is 0.0592. The van der Waals surface area contributed by atoms with Gasteiger partial charge < -0.3 is 9.64 Å². The molecule has 0 aromatic heterocycles. The number of benzene rings is 1. The van der Waals surface area contributed by atoms with Crippen LogP contribution in [0.5, 0.6) is 0 Å². The summed E-state index contributed by atoms with van der Waals surface area (Å²) in [5, 5.41) is 0. The molecule has 0 amide bonds. The molecule has 106 valence electrons. The molecular weight excluding hydrogens is 276 g/mol. The second kappa shape index (κ2) is 5.42. The normalized spacial score (nSPS) is 20.8. The predicted molar refractivity (Wildman–Crippen MR) is 67.3 cm³/mol. The van der Waals surface area contributed by atoms with Crippen LogP contribution in [0.1, 0.15) is 6.92 Å². The van der Waals surface area contributed by atoms with Gasteiger partial charge in [0.05, 0.1) is 23.3 Å². The van der Waals surface area contributed by atoms with Gasteiger partial charge in [0, 0.05) is 13.1 Å². The summed E-state index contributed by atoms with van der Waals surface area (Å²) in [6.07, 6.45) is -0.0592. The van der Waals surface area contributed by atoms with Crippen LogP contribution in [-0.2, 0) is 14.6 Å². The van der Waals surface area contributed by atoms with Gasteiger partial charge in [0.15, 0.2) is 0 Å². The highest BCUT2D eigenvalue weighted by Crippen LogP contribution is 2.30. The summed E-state index contributed by atoms with van der Waals surface area (Å²) < 4.78 is 54.1. The lowest BCUT2D eigenvalue weighted by atomic mass is 10.2. The Morgan fingerprint density at radius 2 is 2.05 bits per heavy atom. The molecule has 0 N–H and O–H groups in total. The van der Waals surface area contributed by atoms with E-state index in [1.165, 1.54) is 12.1 Å². The molecule has 0 spiro atoms. The van der Waals surface area contributed by atoms with E-state index in [2.05, 4.69) is 0 Å². The van der Waals surface area contributed by atoms with Crippen molar-refractivity contribution in [1.29, 1.82) is 0 Å². The Morgan fingerprint density at radius 3 is 2.68 bits per heavy atom. The maximum absolute atomic E-state index is 12.7. The van der Waals surface area contributed by atoms with Gasteiger partial charge in [-0.25, -0.2) is 8.42 Å². The highest BCUT2D eigenvalue weighted by atomic mass is 32.2. The molecule has 0 aliphatic carbocycles. The topological polar surface area (TPSA) is 46.6 Å². The van der Waals surface area contributed by atoms with E-state index in [4.69, 9.17) is 4.74 Å². The smallest absolute Gasteiger partial charge is 0.341 e. The molecule has 1 aliphatic rings. The maximum atomic E-state index is 12.7. The van der Waals surface area contributed by atoms with Crippen LogP contribution in [-0.4, -0.2) is 40.0 Å². The fourth-order valence-corrected chi connectivity index (χ4v) is 3.04. The number of alkyl halides is 2. The van der Waals surface area contributed by atoms with E-state index in [9.17, 15) is 17.2 Å². The quantitative estimate of drug-likeness (QED) is 0.853. The van der Waals surface area contributed by atoms with E-state index in [1.54, 1.807) is 17.0 Å². The molecule has 0 bridgehead atoms. The third kappa shape index (κ3) is 2.87. The second-order valence-electron chi connectivity index (χ2n) is 4.40. The third-order valence-corrected chi connectivity index (χ3v) is 4.42. The molecular formula is C12H15F2NO3S. The van der Waals surface area contributed by atoms with Gasteiger partial charge in [0.2, 0.25) is 9.84 Å². The minimum atomic E-state index is -4.59. The molecule has 19 heavy (non-hydrogen) atoms. The van der Waals surface area contributed by atoms with Crippen molar-refractivity contribution in [3.05, 3.63) is 24.3 Å². The highest BCUT2D eigenvalue weighted by Gasteiger charge is 2.31. The maximum Gasteiger partial charge on any atom is 0.341 e. The van der Waals surface area contributed by atoms with E-state index in [0.29, 0.717) is 25.4 Å². The summed E-state index contributed by atoms with van der Waals surface area (Å²) in [5.74, 6) is -3.41. The molecule has 1 aromatic rings. The van der Waals surface area contributed by atoms with Gasteiger partial charge in [0.25, 0.3) is 0 Å². The summed E-state index contributed by atoms with van der Waals surface area (Å²) in [6, 6.07) is 5.85. The molecule has 0 radical (unpaired) electrons. The minimum Gasteiger partial charge on any atom is -0.375 e. The SMILES string of the molecule is CC1CN(c2ccccc2S(=O)(=O)C(F)F)CCO1. The Labute approximate surface area is 110 Å². The third-order valence-electron chi connectivity index (χ3n) is 2.99. The van der Waals surface area contributed by atoms with E-state index < -0.39 is 15.6 Å². The lowest BCUT2D eigenvalue weighted by Gasteiger charge is -2.33. The molecule has 1 saturated heterocycles. The van der Waals surface area contributed by atoms with Gasteiger partial charge in [-0.15, -0.1) is 0 Å². The van der Waals surface area contributed by atoms with Gasteiger partial charge in [-0.3, -0.25) is 0 Å². The first-order valence-electron chi connectivity index (χ1n) is 5.90. The molecule has 1 fully saturated rings. The number of ether oxygens (including phenoxy) is 1. The Bertz CT molecular complexity index is 548. The fourth-order valence-electron chi connectivity index (χ4n) is 2.09. The van der Waals surface area contributed by atoms with Gasteiger partial charge in [0.1, 0.15) is 0 Å². The number of hydrogen-bond donors (Lipinski definition) is 0. The first-order chi connectivity index (χ1) is 8.93. The number of rotatable bonds is 3. The van der Waals surface area contributed by atoms with Crippen molar-refractivity contribution in [2.45, 2.75) is 23.7 Å². The molecule has 1 atom stereocenters. The van der Waals surface area contributed by atoms with Crippen molar-refractivity contribution >= 4 is 15.5 Å². The average molecular weight is 291 g/mol. The zero-order valence-electron chi connectivity index (χ0n) is 10.4. The average Bonchev–Trinajstić information content (AvgIpc) is 2.38. The van der Waals surface area contributed by atoms with Crippen LogP contribution in [0.3, 0.4) is 0 Å². The van der Waals surface area contributed by atoms with Crippen LogP contribution in [0.2, 0.25) is 0 Å². The van der Waals surface area contributed by atoms with Crippen molar-refractivity contribution < 1.29 is 21.9 Å². The van der Waals surface area contributed by atoms with E-state index in [0.717, 1.165) is 0 Å². The molecule has 1 unspecified atom stereocenters. The molecule has 1 heterocycles. The molecule has 1 aliphatic heterocycles. The van der Waals surface area contributed by atoms with Crippen molar-refractivity contribution in [1.82, 2.24) is 0 Å². The highest BCUT2D eigenvalue weighted by molar-refractivity contribution is 7.91. The number of anilines is 1. The molecule has 4 nitrogen and oxygen atoms in total. The van der Waals surface area contributed by atoms with Crippen LogP contribution in [0.4, 0.5) is 14.5 Å². The Morgan fingerprint density at radius 1 is 1.37 bits per heavy atom. The Balaban J connectivity index is 2.42. The molecule has 1 aromatic carbocycles. The van der Waals surface area contributed by atoms with Crippen LogP contribution in [0, 0.1) is 0 Å². The summed E-state index contributed by atoms with van der Waals surface area (Å²) in [4.78, 5) is 1.45. The van der Waals surface area contributed by atoms with Crippen molar-refractivity contribution in [2.24, 2.45) is 0 Å². The first kappa shape index (κ1) is 14.2. The van der Waals surface area contributed by atoms with Gasteiger partial charge in [-0.2, -0.15) is 8.78 Å². The zero-order valence-corrected chi connectivity index (χ0v) is 11.2. The monoisotopic (exact) mass is 291 g/mol. The molecule has 0 saturated carbocycles. The van der Waals surface area contributed by atoms with Crippen LogP contribution in [0.25, 0.3) is 0 Å². The lowest BCUT2D eigenvalue weighted by Crippen LogP contribution is -2.41. The predicted octanol–water partition coefficient (Wildman–Crippen LogP) is 1.91. The Hall–Kier alpha value is -1.21. The number of halogens is 2. The number of morpholine rings is 1. The number of sulfone groups is 1. The first-order valence-corrected chi connectivity index (χ1v) is 7.45. The van der Waals surface area contributed by atoms with E-state index >= 15 is 0 Å². The number of hydrogen-bond acceptors (Lipinski definition) is 4. The van der Waals surface area contributed by atoms with Crippen molar-refractivity contribution in [2.75, 3.05) is 24.6 Å². The summed E-state index contributed by atoms with van der Waals surface area (Å²) in [7, 11) is -4.59. The Kier molecular flexibility index (Phi) is 4.05. The fraction of sp³-hybridized carbons (Fsp3) is 0.500. The number of para-hydroxylation sites is 1. The summed E-state index contributed by atoms with van der Waals surface area (Å²) in [6.45, 7) is 3.27. The second-order valence-corrected chi connectivity index (χ2v) is 6.29. The van der Waals surface area contributed by atoms with Crippen molar-refractivity contribution in [3.63, 3.8) is 0 Å². The van der Waals surface area contributed by atoms with Gasteiger partial charge in [-0.05, 0) is 19.1 Å². The molecule has 2 rings (SSSR count). The molecule has 7 heteroatoms.